The molecule has 0 bridgehead atoms. The van der Waals surface area contributed by atoms with Gasteiger partial charge in [-0.3, -0.25) is 0 Å². The van der Waals surface area contributed by atoms with Crippen LogP contribution < -0.4 is 5.73 Å². The first-order valence-electron chi connectivity index (χ1n) is 5.26. The third kappa shape index (κ3) is 3.90. The monoisotopic (exact) mass is 254 g/mol. The lowest BCUT2D eigenvalue weighted by atomic mass is 10.1. The van der Waals surface area contributed by atoms with Crippen molar-refractivity contribution >= 4 is 17.3 Å². The highest BCUT2D eigenvalue weighted by atomic mass is 35.5. The van der Waals surface area contributed by atoms with E-state index in [9.17, 15) is 0 Å². The maximum absolute atomic E-state index is 8.60. The molecule has 0 radical (unpaired) electrons. The normalized spacial score (nSPS) is 18.1. The topological polar surface area (TPSA) is 79.3 Å². The van der Waals surface area contributed by atoms with E-state index in [1.54, 1.807) is 19.1 Å². The summed E-state index contributed by atoms with van der Waals surface area (Å²) in [5.74, 6) is 0. The SMILES string of the molecule is Cc1c(N)ccc(C#N)c1Cl.O[C@@H]1CCOC1. The van der Waals surface area contributed by atoms with Crippen LogP contribution in [0, 0.1) is 18.3 Å². The molecule has 17 heavy (non-hydrogen) atoms. The van der Waals surface area contributed by atoms with E-state index in [-0.39, 0.29) is 6.10 Å². The van der Waals surface area contributed by atoms with Crippen LogP contribution in [0.2, 0.25) is 5.02 Å². The van der Waals surface area contributed by atoms with Gasteiger partial charge >= 0.3 is 0 Å². The van der Waals surface area contributed by atoms with E-state index >= 15 is 0 Å². The Morgan fingerprint density at radius 1 is 1.59 bits per heavy atom. The second-order valence-electron chi connectivity index (χ2n) is 3.77. The summed E-state index contributed by atoms with van der Waals surface area (Å²) in [4.78, 5) is 0. The van der Waals surface area contributed by atoms with Gasteiger partial charge in [0, 0.05) is 12.3 Å². The molecular formula is C12H15ClN2O2. The van der Waals surface area contributed by atoms with Crippen molar-refractivity contribution in [3.63, 3.8) is 0 Å². The molecule has 0 spiro atoms. The van der Waals surface area contributed by atoms with Gasteiger partial charge in [0.25, 0.3) is 0 Å². The average molecular weight is 255 g/mol. The molecule has 1 heterocycles. The van der Waals surface area contributed by atoms with Gasteiger partial charge in [-0.15, -0.1) is 0 Å². The molecule has 1 fully saturated rings. The quantitative estimate of drug-likeness (QED) is 0.693. The van der Waals surface area contributed by atoms with E-state index in [1.807, 2.05) is 6.07 Å². The van der Waals surface area contributed by atoms with Crippen LogP contribution in [0.5, 0.6) is 0 Å². The van der Waals surface area contributed by atoms with Crippen LogP contribution in [0.3, 0.4) is 0 Å². The smallest absolute Gasteiger partial charge is 0.101 e. The predicted molar refractivity (Wildman–Crippen MR) is 66.8 cm³/mol. The Labute approximate surface area is 106 Å². The Balaban J connectivity index is 0.000000202. The Morgan fingerprint density at radius 3 is 2.71 bits per heavy atom. The van der Waals surface area contributed by atoms with Crippen LogP contribution >= 0.6 is 11.6 Å². The number of nitriles is 1. The van der Waals surface area contributed by atoms with Crippen molar-refractivity contribution in [3.8, 4) is 6.07 Å². The lowest BCUT2D eigenvalue weighted by Gasteiger charge is -2.02. The number of aliphatic hydroxyl groups is 1. The first-order chi connectivity index (χ1) is 8.06. The van der Waals surface area contributed by atoms with E-state index in [1.165, 1.54) is 0 Å². The van der Waals surface area contributed by atoms with Crippen LogP contribution in [-0.4, -0.2) is 24.4 Å². The van der Waals surface area contributed by atoms with Gasteiger partial charge < -0.3 is 15.6 Å². The molecule has 0 aromatic heterocycles. The van der Waals surface area contributed by atoms with Crippen LogP contribution in [-0.2, 0) is 4.74 Å². The molecule has 0 amide bonds. The molecule has 1 aliphatic rings. The minimum atomic E-state index is -0.176. The molecule has 5 heteroatoms. The number of benzene rings is 1. The third-order valence-electron chi connectivity index (χ3n) is 2.45. The van der Waals surface area contributed by atoms with Crippen molar-refractivity contribution in [2.24, 2.45) is 0 Å². The van der Waals surface area contributed by atoms with Crippen LogP contribution in [0.1, 0.15) is 17.5 Å². The summed E-state index contributed by atoms with van der Waals surface area (Å²) in [5, 5.41) is 17.6. The van der Waals surface area contributed by atoms with Crippen molar-refractivity contribution in [1.82, 2.24) is 0 Å². The van der Waals surface area contributed by atoms with Crippen LogP contribution in [0.15, 0.2) is 12.1 Å². The van der Waals surface area contributed by atoms with Crippen molar-refractivity contribution in [2.75, 3.05) is 18.9 Å². The Kier molecular flexibility index (Phi) is 5.23. The predicted octanol–water partition coefficient (Wildman–Crippen LogP) is 1.87. The molecule has 3 N–H and O–H groups in total. The van der Waals surface area contributed by atoms with Gasteiger partial charge in [-0.25, -0.2) is 0 Å². The molecular weight excluding hydrogens is 240 g/mol. The largest absolute Gasteiger partial charge is 0.398 e. The van der Waals surface area contributed by atoms with E-state index in [0.717, 1.165) is 18.6 Å². The maximum atomic E-state index is 8.60. The number of hydrogen-bond acceptors (Lipinski definition) is 4. The number of hydrogen-bond donors (Lipinski definition) is 2. The van der Waals surface area contributed by atoms with E-state index in [4.69, 9.17) is 32.4 Å². The third-order valence-corrected chi connectivity index (χ3v) is 2.94. The van der Waals surface area contributed by atoms with Gasteiger partial charge in [0.1, 0.15) is 6.07 Å². The highest BCUT2D eigenvalue weighted by molar-refractivity contribution is 6.32. The second kappa shape index (κ2) is 6.45. The molecule has 1 saturated heterocycles. The van der Waals surface area contributed by atoms with Gasteiger partial charge in [-0.1, -0.05) is 11.6 Å². The number of halogens is 1. The van der Waals surface area contributed by atoms with Gasteiger partial charge in [0.15, 0.2) is 0 Å². The minimum absolute atomic E-state index is 0.176. The number of rotatable bonds is 0. The van der Waals surface area contributed by atoms with E-state index in [0.29, 0.717) is 22.9 Å². The fourth-order valence-electron chi connectivity index (χ4n) is 1.31. The summed E-state index contributed by atoms with van der Waals surface area (Å²) in [5.41, 5.74) is 7.41. The van der Waals surface area contributed by atoms with Crippen molar-refractivity contribution in [3.05, 3.63) is 28.3 Å². The number of nitrogens with zero attached hydrogens (tertiary/aromatic N) is 1. The Bertz CT molecular complexity index is 423. The molecule has 2 rings (SSSR count). The molecule has 1 aromatic carbocycles. The molecule has 92 valence electrons. The van der Waals surface area contributed by atoms with E-state index in [2.05, 4.69) is 0 Å². The van der Waals surface area contributed by atoms with Crippen LogP contribution in [0.25, 0.3) is 0 Å². The molecule has 0 saturated carbocycles. The highest BCUT2D eigenvalue weighted by Gasteiger charge is 2.09. The number of nitrogens with two attached hydrogens (primary N) is 1. The number of ether oxygens (including phenoxy) is 1. The standard InChI is InChI=1S/C8H7ClN2.C4H8O2/c1-5-7(11)3-2-6(4-10)8(5)9;5-4-1-2-6-3-4/h2-3H,11H2,1H3;4-5H,1-3H2/t;4-/m.1/s1. The van der Waals surface area contributed by atoms with Crippen molar-refractivity contribution < 1.29 is 9.84 Å². The van der Waals surface area contributed by atoms with Crippen LogP contribution in [0.4, 0.5) is 5.69 Å². The summed E-state index contributed by atoms with van der Waals surface area (Å²) >= 11 is 5.80. The first-order valence-corrected chi connectivity index (χ1v) is 5.64. The summed E-state index contributed by atoms with van der Waals surface area (Å²) in [6.45, 7) is 3.07. The fourth-order valence-corrected chi connectivity index (χ4v) is 1.52. The van der Waals surface area contributed by atoms with Gasteiger partial charge in [0.2, 0.25) is 0 Å². The minimum Gasteiger partial charge on any atom is -0.398 e. The van der Waals surface area contributed by atoms with Gasteiger partial charge in [-0.2, -0.15) is 5.26 Å². The van der Waals surface area contributed by atoms with Gasteiger partial charge in [0.05, 0.1) is 23.3 Å². The summed E-state index contributed by atoms with van der Waals surface area (Å²) in [6.07, 6.45) is 0.644. The molecule has 1 aromatic rings. The van der Waals surface area contributed by atoms with E-state index < -0.39 is 0 Å². The maximum Gasteiger partial charge on any atom is 0.101 e. The molecule has 0 unspecified atom stereocenters. The Morgan fingerprint density at radius 2 is 2.29 bits per heavy atom. The lowest BCUT2D eigenvalue weighted by Crippen LogP contribution is -2.02. The number of anilines is 1. The summed E-state index contributed by atoms with van der Waals surface area (Å²) < 4.78 is 4.81. The first kappa shape index (κ1) is 13.8. The molecule has 1 aliphatic heterocycles. The average Bonchev–Trinajstić information content (AvgIpc) is 2.78. The zero-order valence-electron chi connectivity index (χ0n) is 9.61. The number of aliphatic hydroxyl groups excluding tert-OH is 1. The molecule has 4 nitrogen and oxygen atoms in total. The zero-order valence-corrected chi connectivity index (χ0v) is 10.4. The zero-order chi connectivity index (χ0) is 12.8. The molecule has 1 atom stereocenters. The summed E-state index contributed by atoms with van der Waals surface area (Å²) in [7, 11) is 0. The number of nitrogen functional groups attached to an aromatic ring is 1. The lowest BCUT2D eigenvalue weighted by molar-refractivity contribution is 0.127. The fraction of sp³-hybridized carbons (Fsp3) is 0.417. The van der Waals surface area contributed by atoms with Crippen molar-refractivity contribution in [1.29, 1.82) is 5.26 Å². The van der Waals surface area contributed by atoms with Crippen molar-refractivity contribution in [2.45, 2.75) is 19.4 Å². The Hall–Kier alpha value is -1.28. The summed E-state index contributed by atoms with van der Waals surface area (Å²) in [6, 6.07) is 5.27. The van der Waals surface area contributed by atoms with Gasteiger partial charge in [-0.05, 0) is 31.0 Å². The highest BCUT2D eigenvalue weighted by Crippen LogP contribution is 2.24. The molecule has 0 aliphatic carbocycles. The second-order valence-corrected chi connectivity index (χ2v) is 4.15.